The number of carbonyl (C=O) groups is 3. The van der Waals surface area contributed by atoms with Crippen LogP contribution in [-0.4, -0.2) is 47.9 Å². The molecule has 3 rings (SSSR count). The molecule has 2 aliphatic carbocycles. The predicted octanol–water partition coefficient (Wildman–Crippen LogP) is 2.90. The number of esters is 1. The van der Waals surface area contributed by atoms with E-state index in [0.29, 0.717) is 24.3 Å². The fraction of sp³-hybridized carbons (Fsp3) is 0.864. The zero-order valence-electron chi connectivity index (χ0n) is 17.6. The van der Waals surface area contributed by atoms with Crippen LogP contribution in [0.2, 0.25) is 0 Å². The lowest BCUT2D eigenvalue weighted by molar-refractivity contribution is -0.152. The monoisotopic (exact) mass is 392 g/mol. The van der Waals surface area contributed by atoms with Crippen LogP contribution >= 0.6 is 0 Å². The summed E-state index contributed by atoms with van der Waals surface area (Å²) in [7, 11) is 0. The van der Waals surface area contributed by atoms with Crippen LogP contribution in [0.5, 0.6) is 0 Å². The predicted molar refractivity (Wildman–Crippen MR) is 106 cm³/mol. The van der Waals surface area contributed by atoms with Gasteiger partial charge in [-0.2, -0.15) is 0 Å². The molecule has 1 heterocycles. The summed E-state index contributed by atoms with van der Waals surface area (Å²) in [6.45, 7) is 6.80. The summed E-state index contributed by atoms with van der Waals surface area (Å²) in [5.41, 5.74) is 0. The second-order valence-corrected chi connectivity index (χ2v) is 9.33. The molecule has 6 heteroatoms. The maximum Gasteiger partial charge on any atom is 0.311 e. The van der Waals surface area contributed by atoms with Gasteiger partial charge in [0, 0.05) is 25.0 Å². The molecule has 0 bridgehead atoms. The third kappa shape index (κ3) is 4.87. The van der Waals surface area contributed by atoms with Crippen molar-refractivity contribution in [3.63, 3.8) is 0 Å². The molecule has 158 valence electrons. The summed E-state index contributed by atoms with van der Waals surface area (Å²) >= 11 is 0. The number of ether oxygens (including phenoxy) is 1. The number of hydrogen-bond donors (Lipinski definition) is 1. The molecule has 0 aromatic rings. The minimum absolute atomic E-state index is 0.0494. The summed E-state index contributed by atoms with van der Waals surface area (Å²) in [6.07, 6.45) is 8.03. The maximum atomic E-state index is 12.5. The van der Waals surface area contributed by atoms with Crippen LogP contribution < -0.4 is 5.32 Å². The van der Waals surface area contributed by atoms with Gasteiger partial charge in [-0.05, 0) is 37.0 Å². The van der Waals surface area contributed by atoms with Crippen molar-refractivity contribution in [3.8, 4) is 0 Å². The highest BCUT2D eigenvalue weighted by Gasteiger charge is 2.42. The molecule has 1 saturated heterocycles. The van der Waals surface area contributed by atoms with Gasteiger partial charge in [0.25, 0.3) is 5.91 Å². The first-order valence-corrected chi connectivity index (χ1v) is 11.1. The molecule has 3 aliphatic rings. The lowest BCUT2D eigenvalue weighted by Gasteiger charge is -2.39. The number of amides is 2. The maximum absolute atomic E-state index is 12.5. The highest BCUT2D eigenvalue weighted by atomic mass is 16.5. The second-order valence-electron chi connectivity index (χ2n) is 9.33. The van der Waals surface area contributed by atoms with Crippen molar-refractivity contribution in [1.82, 2.24) is 10.2 Å². The van der Waals surface area contributed by atoms with Gasteiger partial charge in [0.05, 0.1) is 5.92 Å². The van der Waals surface area contributed by atoms with E-state index in [4.69, 9.17) is 4.74 Å². The normalized spacial score (nSPS) is 36.2. The van der Waals surface area contributed by atoms with E-state index >= 15 is 0 Å². The first-order valence-electron chi connectivity index (χ1n) is 11.1. The Labute approximate surface area is 168 Å². The molecule has 0 unspecified atom stereocenters. The van der Waals surface area contributed by atoms with Gasteiger partial charge in [-0.3, -0.25) is 14.4 Å². The highest BCUT2D eigenvalue weighted by Crippen LogP contribution is 2.36. The van der Waals surface area contributed by atoms with Crippen LogP contribution in [0, 0.1) is 23.7 Å². The van der Waals surface area contributed by atoms with Crippen molar-refractivity contribution in [2.75, 3.05) is 13.2 Å². The molecule has 1 aliphatic heterocycles. The Morgan fingerprint density at radius 2 is 1.75 bits per heavy atom. The Kier molecular flexibility index (Phi) is 7.00. The average molecular weight is 393 g/mol. The first kappa shape index (κ1) is 21.1. The summed E-state index contributed by atoms with van der Waals surface area (Å²) in [4.78, 5) is 39.0. The Morgan fingerprint density at radius 1 is 1.04 bits per heavy atom. The van der Waals surface area contributed by atoms with E-state index < -0.39 is 11.9 Å². The summed E-state index contributed by atoms with van der Waals surface area (Å²) in [6, 6.07) is 0.406. The SMILES string of the molecule is C[C@@H]1[C@H](N2C[C@H](C(=O)OCC(=O)N[C@H]3CCCC[C@H]3C)CC2=O)CCC[C@@H]1C. The minimum atomic E-state index is -0.446. The average Bonchev–Trinajstić information content (AvgIpc) is 3.05. The van der Waals surface area contributed by atoms with Gasteiger partial charge in [-0.15, -0.1) is 0 Å². The Bertz CT molecular complexity index is 593. The molecule has 2 amide bonds. The third-order valence-corrected chi connectivity index (χ3v) is 7.36. The molecule has 2 saturated carbocycles. The molecule has 0 radical (unpaired) electrons. The number of likely N-dealkylation sites (tertiary alicyclic amines) is 1. The lowest BCUT2D eigenvalue weighted by Crippen LogP contribution is -2.45. The standard InChI is InChI=1S/C22H36N2O4/c1-14-8-6-10-19(16(14)3)24-12-17(11-21(24)26)22(27)28-13-20(25)23-18-9-5-4-7-15(18)2/h14-19H,4-13H2,1-3H3,(H,23,25)/t14-,15+,16-,17+,18-,19+/m0/s1. The van der Waals surface area contributed by atoms with Crippen molar-refractivity contribution < 1.29 is 19.1 Å². The van der Waals surface area contributed by atoms with Gasteiger partial charge in [0.1, 0.15) is 0 Å². The molecule has 0 aromatic carbocycles. The van der Waals surface area contributed by atoms with Crippen molar-refractivity contribution >= 4 is 17.8 Å². The zero-order chi connectivity index (χ0) is 20.3. The second kappa shape index (κ2) is 9.27. The quantitative estimate of drug-likeness (QED) is 0.730. The van der Waals surface area contributed by atoms with E-state index in [0.717, 1.165) is 32.1 Å². The summed E-state index contributed by atoms with van der Waals surface area (Å²) in [5, 5.41) is 3.00. The van der Waals surface area contributed by atoms with Crippen LogP contribution in [0.15, 0.2) is 0 Å². The Hall–Kier alpha value is -1.59. The van der Waals surface area contributed by atoms with Gasteiger partial charge in [0.2, 0.25) is 5.91 Å². The Morgan fingerprint density at radius 3 is 2.50 bits per heavy atom. The van der Waals surface area contributed by atoms with Crippen LogP contribution in [0.3, 0.4) is 0 Å². The van der Waals surface area contributed by atoms with Gasteiger partial charge >= 0.3 is 5.97 Å². The number of hydrogen-bond acceptors (Lipinski definition) is 4. The third-order valence-electron chi connectivity index (χ3n) is 7.36. The molecule has 1 N–H and O–H groups in total. The molecule has 3 fully saturated rings. The number of nitrogens with zero attached hydrogens (tertiary/aromatic N) is 1. The lowest BCUT2D eigenvalue weighted by atomic mass is 9.77. The van der Waals surface area contributed by atoms with Crippen LogP contribution in [0.4, 0.5) is 0 Å². The fourth-order valence-corrected chi connectivity index (χ4v) is 5.24. The summed E-state index contributed by atoms with van der Waals surface area (Å²) < 4.78 is 5.27. The van der Waals surface area contributed by atoms with Crippen molar-refractivity contribution in [2.45, 2.75) is 84.2 Å². The number of rotatable bonds is 5. The molecule has 6 atom stereocenters. The van der Waals surface area contributed by atoms with Gasteiger partial charge in [-0.1, -0.05) is 46.5 Å². The molecular weight excluding hydrogens is 356 g/mol. The fourth-order valence-electron chi connectivity index (χ4n) is 5.24. The van der Waals surface area contributed by atoms with E-state index in [1.807, 2.05) is 4.90 Å². The van der Waals surface area contributed by atoms with Gasteiger partial charge in [0.15, 0.2) is 6.61 Å². The van der Waals surface area contributed by atoms with E-state index in [2.05, 4.69) is 26.1 Å². The highest BCUT2D eigenvalue weighted by molar-refractivity contribution is 5.88. The largest absolute Gasteiger partial charge is 0.455 e. The zero-order valence-corrected chi connectivity index (χ0v) is 17.6. The van der Waals surface area contributed by atoms with Crippen molar-refractivity contribution in [2.24, 2.45) is 23.7 Å². The first-order chi connectivity index (χ1) is 13.4. The summed E-state index contributed by atoms with van der Waals surface area (Å²) in [5.74, 6) is 0.474. The molecule has 0 aromatic heterocycles. The van der Waals surface area contributed by atoms with Crippen LogP contribution in [0.1, 0.15) is 72.1 Å². The van der Waals surface area contributed by atoms with Crippen LogP contribution in [0.25, 0.3) is 0 Å². The van der Waals surface area contributed by atoms with E-state index in [1.165, 1.54) is 12.8 Å². The van der Waals surface area contributed by atoms with Crippen molar-refractivity contribution in [3.05, 3.63) is 0 Å². The molecule has 0 spiro atoms. The van der Waals surface area contributed by atoms with Crippen molar-refractivity contribution in [1.29, 1.82) is 0 Å². The minimum Gasteiger partial charge on any atom is -0.455 e. The van der Waals surface area contributed by atoms with E-state index in [9.17, 15) is 14.4 Å². The smallest absolute Gasteiger partial charge is 0.311 e. The van der Waals surface area contributed by atoms with E-state index in [1.54, 1.807) is 0 Å². The van der Waals surface area contributed by atoms with Crippen LogP contribution in [-0.2, 0) is 19.1 Å². The molecule has 6 nitrogen and oxygen atoms in total. The number of nitrogens with one attached hydrogen (secondary N) is 1. The van der Waals surface area contributed by atoms with Gasteiger partial charge in [-0.25, -0.2) is 0 Å². The Balaban J connectivity index is 1.46. The number of carbonyl (C=O) groups excluding carboxylic acids is 3. The molecular formula is C22H36N2O4. The van der Waals surface area contributed by atoms with Gasteiger partial charge < -0.3 is 15.0 Å². The topological polar surface area (TPSA) is 75.7 Å². The molecule has 28 heavy (non-hydrogen) atoms. The van der Waals surface area contributed by atoms with E-state index in [-0.39, 0.29) is 36.9 Å².